The lowest BCUT2D eigenvalue weighted by atomic mass is 10.00. The number of hydrogen-bond donors (Lipinski definition) is 0. The smallest absolute Gasteiger partial charge is 0.164 e. The maximum atomic E-state index is 5.19. The van der Waals surface area contributed by atoms with Crippen molar-refractivity contribution in [3.63, 3.8) is 0 Å². The van der Waals surface area contributed by atoms with E-state index in [4.69, 9.17) is 15.0 Å². The first kappa shape index (κ1) is 29.5. The van der Waals surface area contributed by atoms with Gasteiger partial charge in [0, 0.05) is 32.8 Å². The molecule has 0 spiro atoms. The Morgan fingerprint density at radius 3 is 1.51 bits per heavy atom. The van der Waals surface area contributed by atoms with Gasteiger partial charge in [-0.05, 0) is 68.0 Å². The van der Waals surface area contributed by atoms with Crippen LogP contribution in [0.2, 0.25) is 0 Å². The van der Waals surface area contributed by atoms with E-state index in [2.05, 4.69) is 168 Å². The third-order valence-electron chi connectivity index (χ3n) is 10.6. The Balaban J connectivity index is 1.18. The van der Waals surface area contributed by atoms with Crippen molar-refractivity contribution in [2.75, 3.05) is 0 Å². The molecule has 0 saturated carbocycles. The van der Waals surface area contributed by atoms with Crippen molar-refractivity contribution in [3.05, 3.63) is 182 Å². The van der Waals surface area contributed by atoms with Crippen molar-refractivity contribution in [1.29, 1.82) is 0 Å². The molecule has 0 saturated heterocycles. The quantitative estimate of drug-likeness (QED) is 0.187. The Kier molecular flexibility index (Phi) is 6.52. The molecule has 0 aliphatic carbocycles. The molecule has 0 atom stereocenters. The number of benzene rings is 9. The van der Waals surface area contributed by atoms with Gasteiger partial charge in [-0.1, -0.05) is 152 Å². The molecule has 0 bridgehead atoms. The van der Waals surface area contributed by atoms with E-state index in [1.807, 2.05) is 18.2 Å². The lowest BCUT2D eigenvalue weighted by molar-refractivity contribution is 1.08. The third kappa shape index (κ3) is 4.66. The molecular formula is C49H30N4. The van der Waals surface area contributed by atoms with Crippen molar-refractivity contribution in [1.82, 2.24) is 19.5 Å². The Labute approximate surface area is 305 Å². The lowest BCUT2D eigenvalue weighted by Gasteiger charge is -2.15. The molecule has 246 valence electrons. The summed E-state index contributed by atoms with van der Waals surface area (Å²) in [6.07, 6.45) is 0. The van der Waals surface area contributed by atoms with Crippen LogP contribution >= 0.6 is 0 Å². The SMILES string of the molecule is c1ccc(-c2nc(-c3ccc4ccccc4c3)nc(-c3ccc(-n4c5ccc6ccccc6c5c5c6ccccc6ccc54)c4ccccc34)n2)cc1. The minimum absolute atomic E-state index is 0.643. The van der Waals surface area contributed by atoms with Crippen LogP contribution < -0.4 is 0 Å². The zero-order chi connectivity index (χ0) is 34.9. The van der Waals surface area contributed by atoms with Crippen molar-refractivity contribution in [2.24, 2.45) is 0 Å². The van der Waals surface area contributed by atoms with E-state index in [-0.39, 0.29) is 0 Å². The highest BCUT2D eigenvalue weighted by Gasteiger charge is 2.21. The van der Waals surface area contributed by atoms with Gasteiger partial charge in [0.25, 0.3) is 0 Å². The highest BCUT2D eigenvalue weighted by Crippen LogP contribution is 2.42. The molecule has 0 aliphatic heterocycles. The van der Waals surface area contributed by atoms with Crippen molar-refractivity contribution >= 4 is 64.9 Å². The summed E-state index contributed by atoms with van der Waals surface area (Å²) in [7, 11) is 0. The van der Waals surface area contributed by atoms with Gasteiger partial charge in [-0.25, -0.2) is 15.0 Å². The second kappa shape index (κ2) is 11.7. The second-order valence-corrected chi connectivity index (χ2v) is 13.6. The lowest BCUT2D eigenvalue weighted by Crippen LogP contribution is -2.02. The van der Waals surface area contributed by atoms with Crippen LogP contribution in [0.4, 0.5) is 0 Å². The molecule has 0 unspecified atom stereocenters. The monoisotopic (exact) mass is 674 g/mol. The predicted molar refractivity (Wildman–Crippen MR) is 220 cm³/mol. The van der Waals surface area contributed by atoms with Crippen LogP contribution in [0.15, 0.2) is 182 Å². The van der Waals surface area contributed by atoms with Gasteiger partial charge < -0.3 is 4.57 Å². The van der Waals surface area contributed by atoms with E-state index in [0.717, 1.165) is 38.5 Å². The average molecular weight is 675 g/mol. The summed E-state index contributed by atoms with van der Waals surface area (Å²) in [6, 6.07) is 64.5. The molecule has 2 heterocycles. The van der Waals surface area contributed by atoms with E-state index in [1.165, 1.54) is 48.7 Å². The van der Waals surface area contributed by atoms with Crippen molar-refractivity contribution in [2.45, 2.75) is 0 Å². The molecule has 53 heavy (non-hydrogen) atoms. The van der Waals surface area contributed by atoms with Crippen LogP contribution in [0.5, 0.6) is 0 Å². The number of nitrogens with zero attached hydrogens (tertiary/aromatic N) is 4. The Hall–Kier alpha value is -7.17. The summed E-state index contributed by atoms with van der Waals surface area (Å²) in [5.74, 6) is 1.94. The number of hydrogen-bond acceptors (Lipinski definition) is 3. The maximum absolute atomic E-state index is 5.19. The number of rotatable bonds is 4. The third-order valence-corrected chi connectivity index (χ3v) is 10.6. The summed E-state index contributed by atoms with van der Waals surface area (Å²) in [6.45, 7) is 0. The van der Waals surface area contributed by atoms with Gasteiger partial charge in [0.15, 0.2) is 17.5 Å². The molecule has 0 fully saturated rings. The van der Waals surface area contributed by atoms with E-state index in [0.29, 0.717) is 17.5 Å². The molecule has 0 aliphatic rings. The Morgan fingerprint density at radius 1 is 0.321 bits per heavy atom. The van der Waals surface area contributed by atoms with Crippen LogP contribution in [-0.4, -0.2) is 19.5 Å². The van der Waals surface area contributed by atoms with Gasteiger partial charge >= 0.3 is 0 Å². The Bertz CT molecular complexity index is 3140. The van der Waals surface area contributed by atoms with Gasteiger partial charge in [0.1, 0.15) is 0 Å². The zero-order valence-corrected chi connectivity index (χ0v) is 28.6. The first-order chi connectivity index (χ1) is 26.3. The molecule has 11 rings (SSSR count). The van der Waals surface area contributed by atoms with Gasteiger partial charge in [-0.15, -0.1) is 0 Å². The fourth-order valence-electron chi connectivity index (χ4n) is 8.15. The van der Waals surface area contributed by atoms with Crippen LogP contribution in [-0.2, 0) is 0 Å². The van der Waals surface area contributed by atoms with Gasteiger partial charge in [-0.2, -0.15) is 0 Å². The summed E-state index contributed by atoms with van der Waals surface area (Å²) in [5.41, 5.74) is 6.33. The van der Waals surface area contributed by atoms with Gasteiger partial charge in [-0.3, -0.25) is 0 Å². The summed E-state index contributed by atoms with van der Waals surface area (Å²) in [4.78, 5) is 15.4. The molecule has 4 heteroatoms. The second-order valence-electron chi connectivity index (χ2n) is 13.6. The molecule has 0 N–H and O–H groups in total. The van der Waals surface area contributed by atoms with E-state index >= 15 is 0 Å². The summed E-state index contributed by atoms with van der Waals surface area (Å²) >= 11 is 0. The number of aromatic nitrogens is 4. The zero-order valence-electron chi connectivity index (χ0n) is 28.6. The van der Waals surface area contributed by atoms with Crippen LogP contribution in [0.25, 0.3) is 105 Å². The molecule has 4 nitrogen and oxygen atoms in total. The fraction of sp³-hybridized carbons (Fsp3) is 0. The predicted octanol–water partition coefficient (Wildman–Crippen LogP) is 12.6. The molecule has 11 aromatic rings. The van der Waals surface area contributed by atoms with E-state index in [1.54, 1.807) is 0 Å². The molecule has 0 radical (unpaired) electrons. The maximum Gasteiger partial charge on any atom is 0.164 e. The van der Waals surface area contributed by atoms with Crippen molar-refractivity contribution < 1.29 is 0 Å². The molecular weight excluding hydrogens is 645 g/mol. The topological polar surface area (TPSA) is 43.6 Å². The summed E-state index contributed by atoms with van der Waals surface area (Å²) in [5, 5.41) is 12.1. The average Bonchev–Trinajstić information content (AvgIpc) is 3.58. The highest BCUT2D eigenvalue weighted by atomic mass is 15.0. The number of fused-ring (bicyclic) bond motifs is 9. The molecule has 2 aromatic heterocycles. The molecule has 9 aromatic carbocycles. The minimum Gasteiger partial charge on any atom is -0.309 e. The van der Waals surface area contributed by atoms with E-state index in [9.17, 15) is 0 Å². The van der Waals surface area contributed by atoms with Gasteiger partial charge in [0.2, 0.25) is 0 Å². The standard InChI is InChI=1S/C49H30N4/c1-2-15-34(16-3-1)47-50-48(36-23-22-31-12-4-5-17-35(31)30-36)52-49(51-47)41-26-29-42(40-21-11-10-20-39(40)41)53-43-27-24-32-13-6-8-18-37(32)45(43)46-38-19-9-7-14-33(38)25-28-44(46)53/h1-30H. The van der Waals surface area contributed by atoms with Gasteiger partial charge in [0.05, 0.1) is 16.7 Å². The fourth-order valence-corrected chi connectivity index (χ4v) is 8.15. The van der Waals surface area contributed by atoms with Crippen LogP contribution in [0, 0.1) is 0 Å². The minimum atomic E-state index is 0.643. The Morgan fingerprint density at radius 2 is 0.830 bits per heavy atom. The first-order valence-corrected chi connectivity index (χ1v) is 18.0. The van der Waals surface area contributed by atoms with E-state index < -0.39 is 0 Å². The largest absolute Gasteiger partial charge is 0.309 e. The molecule has 0 amide bonds. The summed E-state index contributed by atoms with van der Waals surface area (Å²) < 4.78 is 2.44. The van der Waals surface area contributed by atoms with Crippen LogP contribution in [0.3, 0.4) is 0 Å². The first-order valence-electron chi connectivity index (χ1n) is 18.0. The highest BCUT2D eigenvalue weighted by molar-refractivity contribution is 6.28. The normalized spacial score (nSPS) is 11.8. The van der Waals surface area contributed by atoms with Crippen LogP contribution in [0.1, 0.15) is 0 Å². The van der Waals surface area contributed by atoms with Crippen molar-refractivity contribution in [3.8, 4) is 39.9 Å².